The molecule has 0 radical (unpaired) electrons. The number of aliphatic hydroxyl groups is 1. The molecule has 2 unspecified atom stereocenters. The molecule has 0 heterocycles. The number of ether oxygens (including phenoxy) is 1. The van der Waals surface area contributed by atoms with Crippen molar-refractivity contribution in [2.75, 3.05) is 0 Å². The van der Waals surface area contributed by atoms with Crippen molar-refractivity contribution in [3.63, 3.8) is 0 Å². The molecule has 0 aromatic heterocycles. The van der Waals surface area contributed by atoms with E-state index in [1.807, 2.05) is 26.0 Å². The Morgan fingerprint density at radius 1 is 1.18 bits per heavy atom. The monoisotopic (exact) mass is 236 g/mol. The van der Waals surface area contributed by atoms with Crippen molar-refractivity contribution < 1.29 is 9.84 Å². The van der Waals surface area contributed by atoms with Crippen molar-refractivity contribution in [1.82, 2.24) is 0 Å². The third-order valence-electron chi connectivity index (χ3n) is 3.00. The molecule has 0 saturated carbocycles. The molecule has 2 nitrogen and oxygen atoms in total. The van der Waals surface area contributed by atoms with Crippen LogP contribution in [-0.4, -0.2) is 17.3 Å². The van der Waals surface area contributed by atoms with Crippen LogP contribution in [0.25, 0.3) is 0 Å². The summed E-state index contributed by atoms with van der Waals surface area (Å²) in [7, 11) is 0. The van der Waals surface area contributed by atoms with E-state index in [-0.39, 0.29) is 11.5 Å². The van der Waals surface area contributed by atoms with Crippen LogP contribution in [-0.2, 0) is 5.41 Å². The van der Waals surface area contributed by atoms with Crippen LogP contribution >= 0.6 is 0 Å². The van der Waals surface area contributed by atoms with E-state index in [9.17, 15) is 5.11 Å². The Kier molecular flexibility index (Phi) is 4.58. The highest BCUT2D eigenvalue weighted by molar-refractivity contribution is 5.31. The van der Waals surface area contributed by atoms with E-state index in [1.54, 1.807) is 0 Å². The topological polar surface area (TPSA) is 29.5 Å². The van der Waals surface area contributed by atoms with Gasteiger partial charge in [-0.2, -0.15) is 0 Å². The lowest BCUT2D eigenvalue weighted by molar-refractivity contribution is 0.0451. The zero-order chi connectivity index (χ0) is 13.1. The number of benzene rings is 1. The van der Waals surface area contributed by atoms with Gasteiger partial charge in [-0.15, -0.1) is 0 Å². The lowest BCUT2D eigenvalue weighted by atomic mass is 9.87. The van der Waals surface area contributed by atoms with Crippen LogP contribution < -0.4 is 4.74 Å². The summed E-state index contributed by atoms with van der Waals surface area (Å²) in [5.41, 5.74) is 1.45. The minimum Gasteiger partial charge on any atom is -0.488 e. The quantitative estimate of drug-likeness (QED) is 0.866. The van der Waals surface area contributed by atoms with E-state index < -0.39 is 6.10 Å². The smallest absolute Gasteiger partial charge is 0.122 e. The summed E-state index contributed by atoms with van der Waals surface area (Å²) in [6.45, 7) is 10.4. The molecular weight excluding hydrogens is 212 g/mol. The molecule has 1 N–H and O–H groups in total. The molecule has 1 aromatic rings. The Balaban J connectivity index is 2.69. The fourth-order valence-electron chi connectivity index (χ4n) is 1.66. The van der Waals surface area contributed by atoms with Crippen LogP contribution in [0.5, 0.6) is 5.75 Å². The van der Waals surface area contributed by atoms with E-state index in [0.29, 0.717) is 6.42 Å². The Morgan fingerprint density at radius 3 is 2.12 bits per heavy atom. The third-order valence-corrected chi connectivity index (χ3v) is 3.00. The predicted molar refractivity (Wildman–Crippen MR) is 71.5 cm³/mol. The van der Waals surface area contributed by atoms with E-state index in [4.69, 9.17) is 4.74 Å². The lowest BCUT2D eigenvalue weighted by Crippen LogP contribution is -2.27. The van der Waals surface area contributed by atoms with Gasteiger partial charge in [-0.05, 0) is 36.5 Å². The molecule has 2 atom stereocenters. The van der Waals surface area contributed by atoms with Crippen molar-refractivity contribution in [2.45, 2.75) is 58.7 Å². The molecule has 0 spiro atoms. The SMILES string of the molecule is CCC(O)C(C)Oc1ccc(C(C)(C)C)cc1. The maximum absolute atomic E-state index is 9.65. The number of hydrogen-bond donors (Lipinski definition) is 1. The summed E-state index contributed by atoms with van der Waals surface area (Å²) in [6.07, 6.45) is 0.138. The molecule has 0 aliphatic rings. The predicted octanol–water partition coefficient (Wildman–Crippen LogP) is 3.52. The molecule has 0 aliphatic heterocycles. The molecule has 0 amide bonds. The highest BCUT2D eigenvalue weighted by Gasteiger charge is 2.15. The van der Waals surface area contributed by atoms with Gasteiger partial charge in [-0.1, -0.05) is 39.8 Å². The standard InChI is InChI=1S/C15H24O2/c1-6-14(16)11(2)17-13-9-7-12(8-10-13)15(3,4)5/h7-11,14,16H,6H2,1-5H3. The van der Waals surface area contributed by atoms with E-state index >= 15 is 0 Å². The van der Waals surface area contributed by atoms with Gasteiger partial charge in [0.2, 0.25) is 0 Å². The summed E-state index contributed by atoms with van der Waals surface area (Å²) >= 11 is 0. The van der Waals surface area contributed by atoms with Gasteiger partial charge in [0.15, 0.2) is 0 Å². The van der Waals surface area contributed by atoms with E-state index in [0.717, 1.165) is 5.75 Å². The Bertz CT molecular complexity index is 335. The summed E-state index contributed by atoms with van der Waals surface area (Å²) in [5, 5.41) is 9.65. The van der Waals surface area contributed by atoms with Gasteiger partial charge in [-0.25, -0.2) is 0 Å². The van der Waals surface area contributed by atoms with Crippen LogP contribution in [0, 0.1) is 0 Å². The van der Waals surface area contributed by atoms with Crippen LogP contribution in [0.15, 0.2) is 24.3 Å². The first-order chi connectivity index (χ1) is 7.84. The molecule has 0 fully saturated rings. The minimum absolute atomic E-state index is 0.160. The van der Waals surface area contributed by atoms with Gasteiger partial charge in [0.25, 0.3) is 0 Å². The Labute approximate surface area is 105 Å². The van der Waals surface area contributed by atoms with Crippen LogP contribution in [0.3, 0.4) is 0 Å². The first kappa shape index (κ1) is 14.0. The number of aliphatic hydroxyl groups excluding tert-OH is 1. The minimum atomic E-state index is -0.405. The second-order valence-electron chi connectivity index (χ2n) is 5.57. The van der Waals surface area contributed by atoms with Crippen molar-refractivity contribution in [1.29, 1.82) is 0 Å². The molecule has 96 valence electrons. The van der Waals surface area contributed by atoms with Crippen LogP contribution in [0.2, 0.25) is 0 Å². The van der Waals surface area contributed by atoms with Crippen molar-refractivity contribution in [3.05, 3.63) is 29.8 Å². The summed E-state index contributed by atoms with van der Waals surface area (Å²) in [6, 6.07) is 8.11. The van der Waals surface area contributed by atoms with Gasteiger partial charge >= 0.3 is 0 Å². The maximum Gasteiger partial charge on any atom is 0.122 e. The molecule has 0 aliphatic carbocycles. The second-order valence-corrected chi connectivity index (χ2v) is 5.57. The summed E-state index contributed by atoms with van der Waals surface area (Å²) < 4.78 is 5.68. The average molecular weight is 236 g/mol. The Morgan fingerprint density at radius 2 is 1.71 bits per heavy atom. The van der Waals surface area contributed by atoms with Crippen LogP contribution in [0.4, 0.5) is 0 Å². The summed E-state index contributed by atoms with van der Waals surface area (Å²) in [5.74, 6) is 0.818. The van der Waals surface area contributed by atoms with Gasteiger partial charge in [0.05, 0.1) is 6.10 Å². The van der Waals surface area contributed by atoms with Crippen LogP contribution in [0.1, 0.15) is 46.6 Å². The van der Waals surface area contributed by atoms with Gasteiger partial charge in [0, 0.05) is 0 Å². The second kappa shape index (κ2) is 5.54. The average Bonchev–Trinajstić information content (AvgIpc) is 2.27. The highest BCUT2D eigenvalue weighted by atomic mass is 16.5. The van der Waals surface area contributed by atoms with Gasteiger partial charge in [-0.3, -0.25) is 0 Å². The Hall–Kier alpha value is -1.02. The molecule has 17 heavy (non-hydrogen) atoms. The molecule has 0 bridgehead atoms. The lowest BCUT2D eigenvalue weighted by Gasteiger charge is -2.21. The molecule has 2 heteroatoms. The van der Waals surface area contributed by atoms with Crippen molar-refractivity contribution >= 4 is 0 Å². The van der Waals surface area contributed by atoms with Crippen molar-refractivity contribution in [2.24, 2.45) is 0 Å². The number of hydrogen-bond acceptors (Lipinski definition) is 2. The van der Waals surface area contributed by atoms with Gasteiger partial charge < -0.3 is 9.84 Å². The third kappa shape index (κ3) is 4.04. The number of rotatable bonds is 4. The molecule has 0 saturated heterocycles. The molecule has 1 rings (SSSR count). The maximum atomic E-state index is 9.65. The van der Waals surface area contributed by atoms with Crippen molar-refractivity contribution in [3.8, 4) is 5.75 Å². The van der Waals surface area contributed by atoms with Gasteiger partial charge in [0.1, 0.15) is 11.9 Å². The fourth-order valence-corrected chi connectivity index (χ4v) is 1.66. The first-order valence-corrected chi connectivity index (χ1v) is 6.30. The highest BCUT2D eigenvalue weighted by Crippen LogP contribution is 2.24. The molecule has 1 aromatic carbocycles. The molecular formula is C15H24O2. The summed E-state index contributed by atoms with van der Waals surface area (Å²) in [4.78, 5) is 0. The first-order valence-electron chi connectivity index (χ1n) is 6.30. The zero-order valence-electron chi connectivity index (χ0n) is 11.5. The van der Waals surface area contributed by atoms with E-state index in [2.05, 4.69) is 32.9 Å². The normalized spacial score (nSPS) is 15.4. The zero-order valence-corrected chi connectivity index (χ0v) is 11.5. The largest absolute Gasteiger partial charge is 0.488 e. The fraction of sp³-hybridized carbons (Fsp3) is 0.600. The van der Waals surface area contributed by atoms with E-state index in [1.165, 1.54) is 5.56 Å².